The highest BCUT2D eigenvalue weighted by molar-refractivity contribution is 5.81. The van der Waals surface area contributed by atoms with Crippen LogP contribution in [-0.4, -0.2) is 35.8 Å². The number of hydrogen-bond donors (Lipinski definition) is 2. The van der Waals surface area contributed by atoms with Gasteiger partial charge in [0.25, 0.3) is 0 Å². The second-order valence-electron chi connectivity index (χ2n) is 5.39. The Kier molecular flexibility index (Phi) is 4.90. The van der Waals surface area contributed by atoms with Gasteiger partial charge < -0.3 is 11.1 Å². The molecule has 6 heteroatoms. The number of nitrogens with two attached hydrogens (primary N) is 1. The number of nitrogens with zero attached hydrogens (tertiary/aromatic N) is 1. The maximum Gasteiger partial charge on any atom is 0.239 e. The minimum atomic E-state index is -0.595. The van der Waals surface area contributed by atoms with Crippen molar-refractivity contribution in [3.05, 3.63) is 35.6 Å². The smallest absolute Gasteiger partial charge is 0.239 e. The largest absolute Gasteiger partial charge is 0.368 e. The molecule has 1 saturated heterocycles. The van der Waals surface area contributed by atoms with E-state index in [1.165, 1.54) is 19.1 Å². The molecule has 2 rings (SSSR count). The Labute approximate surface area is 123 Å². The van der Waals surface area contributed by atoms with E-state index < -0.39 is 11.9 Å². The standard InChI is InChI=1S/C15H20FN3O2/c1-10(20)18-13-3-2-8-19(9-13)14(15(17)21)11-4-6-12(16)7-5-11/h4-7,13-14H,2-3,8-9H2,1H3,(H2,17,21)(H,18,20)/t13-,14+/m0/s1. The Hall–Kier alpha value is -1.95. The molecule has 1 fully saturated rings. The minimum absolute atomic E-state index is 0.0125. The molecule has 0 spiro atoms. The van der Waals surface area contributed by atoms with Gasteiger partial charge in [-0.05, 0) is 37.1 Å². The maximum absolute atomic E-state index is 13.0. The second-order valence-corrected chi connectivity index (χ2v) is 5.39. The summed E-state index contributed by atoms with van der Waals surface area (Å²) in [4.78, 5) is 24.9. The topological polar surface area (TPSA) is 75.4 Å². The van der Waals surface area contributed by atoms with Crippen molar-refractivity contribution in [2.75, 3.05) is 13.1 Å². The summed E-state index contributed by atoms with van der Waals surface area (Å²) in [5.74, 6) is -0.902. The summed E-state index contributed by atoms with van der Waals surface area (Å²) >= 11 is 0. The lowest BCUT2D eigenvalue weighted by Gasteiger charge is -2.37. The van der Waals surface area contributed by atoms with Crippen LogP contribution in [0.3, 0.4) is 0 Å². The van der Waals surface area contributed by atoms with Crippen LogP contribution in [0.15, 0.2) is 24.3 Å². The number of nitrogens with one attached hydrogen (secondary N) is 1. The summed E-state index contributed by atoms with van der Waals surface area (Å²) < 4.78 is 13.0. The molecular formula is C15H20FN3O2. The first-order chi connectivity index (χ1) is 9.97. The summed E-state index contributed by atoms with van der Waals surface area (Å²) in [7, 11) is 0. The molecule has 1 aliphatic rings. The van der Waals surface area contributed by atoms with Crippen molar-refractivity contribution < 1.29 is 14.0 Å². The zero-order chi connectivity index (χ0) is 15.4. The van der Waals surface area contributed by atoms with Crippen molar-refractivity contribution in [2.24, 2.45) is 5.73 Å². The quantitative estimate of drug-likeness (QED) is 0.868. The van der Waals surface area contributed by atoms with Crippen LogP contribution in [0.2, 0.25) is 0 Å². The minimum Gasteiger partial charge on any atom is -0.368 e. The number of likely N-dealkylation sites (tertiary alicyclic amines) is 1. The predicted octanol–water partition coefficient (Wildman–Crippen LogP) is 0.953. The number of carbonyl (C=O) groups is 2. The molecule has 21 heavy (non-hydrogen) atoms. The van der Waals surface area contributed by atoms with Gasteiger partial charge in [0.05, 0.1) is 0 Å². The molecule has 5 nitrogen and oxygen atoms in total. The van der Waals surface area contributed by atoms with Crippen molar-refractivity contribution in [1.82, 2.24) is 10.2 Å². The third-order valence-corrected chi connectivity index (χ3v) is 3.68. The number of carbonyl (C=O) groups excluding carboxylic acids is 2. The fourth-order valence-corrected chi connectivity index (χ4v) is 2.85. The van der Waals surface area contributed by atoms with E-state index in [-0.39, 0.29) is 17.8 Å². The third kappa shape index (κ3) is 4.01. The maximum atomic E-state index is 13.0. The van der Waals surface area contributed by atoms with Gasteiger partial charge in [0.15, 0.2) is 0 Å². The van der Waals surface area contributed by atoms with Crippen LogP contribution in [0.25, 0.3) is 0 Å². The van der Waals surface area contributed by atoms with Crippen molar-refractivity contribution in [2.45, 2.75) is 31.8 Å². The normalized spacial score (nSPS) is 20.8. The van der Waals surface area contributed by atoms with Gasteiger partial charge in [-0.3, -0.25) is 14.5 Å². The first-order valence-electron chi connectivity index (χ1n) is 7.03. The Morgan fingerprint density at radius 3 is 2.62 bits per heavy atom. The van der Waals surface area contributed by atoms with Gasteiger partial charge in [0.2, 0.25) is 11.8 Å². The fraction of sp³-hybridized carbons (Fsp3) is 0.467. The van der Waals surface area contributed by atoms with Crippen LogP contribution in [0, 0.1) is 5.82 Å². The zero-order valence-corrected chi connectivity index (χ0v) is 12.0. The highest BCUT2D eigenvalue weighted by Gasteiger charge is 2.30. The first kappa shape index (κ1) is 15.4. The number of rotatable bonds is 4. The Morgan fingerprint density at radius 1 is 1.38 bits per heavy atom. The molecule has 0 radical (unpaired) electrons. The molecule has 0 saturated carbocycles. The van der Waals surface area contributed by atoms with Crippen molar-refractivity contribution in [1.29, 1.82) is 0 Å². The van der Waals surface area contributed by atoms with E-state index in [9.17, 15) is 14.0 Å². The van der Waals surface area contributed by atoms with Gasteiger partial charge in [0.1, 0.15) is 11.9 Å². The van der Waals surface area contributed by atoms with Gasteiger partial charge in [0, 0.05) is 19.5 Å². The van der Waals surface area contributed by atoms with Gasteiger partial charge in [-0.2, -0.15) is 0 Å². The Morgan fingerprint density at radius 2 is 2.05 bits per heavy atom. The number of hydrogen-bond acceptors (Lipinski definition) is 3. The molecule has 1 aliphatic heterocycles. The number of benzene rings is 1. The number of halogens is 1. The molecule has 0 unspecified atom stereocenters. The van der Waals surface area contributed by atoms with Crippen LogP contribution in [0.5, 0.6) is 0 Å². The molecule has 1 heterocycles. The van der Waals surface area contributed by atoms with Crippen molar-refractivity contribution in [3.63, 3.8) is 0 Å². The van der Waals surface area contributed by atoms with Crippen molar-refractivity contribution in [3.8, 4) is 0 Å². The van der Waals surface area contributed by atoms with Gasteiger partial charge in [-0.1, -0.05) is 12.1 Å². The number of amides is 2. The van der Waals surface area contributed by atoms with E-state index in [0.717, 1.165) is 19.4 Å². The van der Waals surface area contributed by atoms with Gasteiger partial charge in [-0.25, -0.2) is 4.39 Å². The number of piperidine rings is 1. The fourth-order valence-electron chi connectivity index (χ4n) is 2.85. The van der Waals surface area contributed by atoms with Gasteiger partial charge in [-0.15, -0.1) is 0 Å². The molecule has 0 bridgehead atoms. The van der Waals surface area contributed by atoms with E-state index in [1.54, 1.807) is 12.1 Å². The molecule has 3 N–H and O–H groups in total. The summed E-state index contributed by atoms with van der Waals surface area (Å²) in [6.45, 7) is 2.76. The average Bonchev–Trinajstić information content (AvgIpc) is 2.40. The van der Waals surface area contributed by atoms with Crippen LogP contribution < -0.4 is 11.1 Å². The second kappa shape index (κ2) is 6.67. The van der Waals surface area contributed by atoms with Crippen LogP contribution in [0.1, 0.15) is 31.4 Å². The Bertz CT molecular complexity index is 518. The third-order valence-electron chi connectivity index (χ3n) is 3.68. The molecule has 2 atom stereocenters. The highest BCUT2D eigenvalue weighted by atomic mass is 19.1. The molecule has 0 aliphatic carbocycles. The van der Waals surface area contributed by atoms with Crippen LogP contribution in [-0.2, 0) is 9.59 Å². The first-order valence-corrected chi connectivity index (χ1v) is 7.03. The lowest BCUT2D eigenvalue weighted by molar-refractivity contribution is -0.124. The van der Waals surface area contributed by atoms with E-state index in [0.29, 0.717) is 12.1 Å². The summed E-state index contributed by atoms with van der Waals surface area (Å²) in [6.07, 6.45) is 1.75. The molecule has 0 aromatic heterocycles. The van der Waals surface area contributed by atoms with Crippen LogP contribution in [0.4, 0.5) is 4.39 Å². The monoisotopic (exact) mass is 293 g/mol. The molecule has 1 aromatic carbocycles. The molecule has 114 valence electrons. The lowest BCUT2D eigenvalue weighted by atomic mass is 9.99. The Balaban J connectivity index is 2.16. The van der Waals surface area contributed by atoms with E-state index in [2.05, 4.69) is 5.32 Å². The SMILES string of the molecule is CC(=O)N[C@H]1CCCN([C@@H](C(N)=O)c2ccc(F)cc2)C1. The van der Waals surface area contributed by atoms with Gasteiger partial charge >= 0.3 is 0 Å². The van der Waals surface area contributed by atoms with Crippen LogP contribution >= 0.6 is 0 Å². The van der Waals surface area contributed by atoms with E-state index >= 15 is 0 Å². The molecular weight excluding hydrogens is 273 g/mol. The average molecular weight is 293 g/mol. The van der Waals surface area contributed by atoms with E-state index in [1.807, 2.05) is 4.90 Å². The molecule has 1 aromatic rings. The number of primary amides is 1. The molecule has 2 amide bonds. The highest BCUT2D eigenvalue weighted by Crippen LogP contribution is 2.24. The summed E-state index contributed by atoms with van der Waals surface area (Å²) in [5.41, 5.74) is 6.20. The van der Waals surface area contributed by atoms with Crippen molar-refractivity contribution >= 4 is 11.8 Å². The summed E-state index contributed by atoms with van der Waals surface area (Å²) in [5, 5.41) is 2.87. The predicted molar refractivity (Wildman–Crippen MR) is 76.7 cm³/mol. The zero-order valence-electron chi connectivity index (χ0n) is 12.0. The lowest BCUT2D eigenvalue weighted by Crippen LogP contribution is -2.50. The summed E-state index contributed by atoms with van der Waals surface area (Å²) in [6, 6.07) is 5.21. The van der Waals surface area contributed by atoms with E-state index in [4.69, 9.17) is 5.73 Å².